The van der Waals surface area contributed by atoms with Gasteiger partial charge in [0.1, 0.15) is 5.75 Å². The molecule has 1 unspecified atom stereocenters. The Bertz CT molecular complexity index is 362. The Kier molecular flexibility index (Phi) is 7.63. The van der Waals surface area contributed by atoms with Crippen LogP contribution >= 0.6 is 0 Å². The summed E-state index contributed by atoms with van der Waals surface area (Å²) in [4.78, 5) is 2.51. The van der Waals surface area contributed by atoms with Crippen molar-refractivity contribution < 1.29 is 9.84 Å². The number of benzene rings is 1. The highest BCUT2D eigenvalue weighted by atomic mass is 16.5. The van der Waals surface area contributed by atoms with Gasteiger partial charge in [0.05, 0.1) is 6.61 Å². The van der Waals surface area contributed by atoms with Crippen molar-refractivity contribution in [3.05, 3.63) is 29.8 Å². The van der Waals surface area contributed by atoms with Gasteiger partial charge in [0.25, 0.3) is 0 Å². The number of nitrogens with zero attached hydrogens (tertiary/aromatic N) is 1. The van der Waals surface area contributed by atoms with Crippen molar-refractivity contribution in [3.8, 4) is 5.75 Å². The Hall–Kier alpha value is -1.06. The van der Waals surface area contributed by atoms with Gasteiger partial charge in [-0.1, -0.05) is 26.0 Å². The van der Waals surface area contributed by atoms with Gasteiger partial charge < -0.3 is 9.84 Å². The fourth-order valence-corrected chi connectivity index (χ4v) is 2.39. The van der Waals surface area contributed by atoms with Crippen molar-refractivity contribution in [3.63, 3.8) is 0 Å². The molecule has 0 aromatic heterocycles. The van der Waals surface area contributed by atoms with Crippen LogP contribution in [-0.2, 0) is 11.2 Å². The van der Waals surface area contributed by atoms with Crippen LogP contribution in [-0.4, -0.2) is 42.9 Å². The Labute approximate surface area is 123 Å². The minimum atomic E-state index is 0.336. The molecule has 0 aliphatic rings. The summed E-state index contributed by atoms with van der Waals surface area (Å²) in [5, 5.41) is 9.30. The Morgan fingerprint density at radius 2 is 1.80 bits per heavy atom. The van der Waals surface area contributed by atoms with E-state index in [4.69, 9.17) is 4.74 Å². The van der Waals surface area contributed by atoms with Gasteiger partial charge in [0, 0.05) is 26.2 Å². The first-order valence-electron chi connectivity index (χ1n) is 7.53. The zero-order valence-electron chi connectivity index (χ0n) is 13.3. The van der Waals surface area contributed by atoms with Gasteiger partial charge in [-0.2, -0.15) is 0 Å². The maximum atomic E-state index is 9.30. The molecule has 0 spiro atoms. The van der Waals surface area contributed by atoms with E-state index in [1.54, 1.807) is 19.2 Å². The van der Waals surface area contributed by atoms with Gasteiger partial charge in [-0.05, 0) is 43.4 Å². The van der Waals surface area contributed by atoms with Crippen LogP contribution in [0.1, 0.15) is 32.8 Å². The molecule has 0 saturated heterocycles. The van der Waals surface area contributed by atoms with Crippen LogP contribution in [0, 0.1) is 5.92 Å². The fraction of sp³-hybridized carbons (Fsp3) is 0.647. The van der Waals surface area contributed by atoms with Crippen molar-refractivity contribution in [1.29, 1.82) is 0 Å². The number of methoxy groups -OCH3 is 1. The van der Waals surface area contributed by atoms with E-state index < -0.39 is 0 Å². The van der Waals surface area contributed by atoms with Crippen LogP contribution in [0.5, 0.6) is 5.75 Å². The van der Waals surface area contributed by atoms with E-state index in [-0.39, 0.29) is 0 Å². The molecule has 0 fully saturated rings. The largest absolute Gasteiger partial charge is 0.508 e. The molecule has 0 bridgehead atoms. The van der Waals surface area contributed by atoms with Crippen molar-refractivity contribution in [2.75, 3.05) is 26.8 Å². The highest BCUT2D eigenvalue weighted by Gasteiger charge is 2.14. The highest BCUT2D eigenvalue weighted by molar-refractivity contribution is 5.25. The highest BCUT2D eigenvalue weighted by Crippen LogP contribution is 2.14. The topological polar surface area (TPSA) is 32.7 Å². The molecule has 1 N–H and O–H groups in total. The lowest BCUT2D eigenvalue weighted by molar-refractivity contribution is 0.112. The van der Waals surface area contributed by atoms with E-state index in [2.05, 4.69) is 25.7 Å². The molecular formula is C17H29NO2. The van der Waals surface area contributed by atoms with Crippen molar-refractivity contribution in [2.45, 2.75) is 39.7 Å². The van der Waals surface area contributed by atoms with Gasteiger partial charge in [-0.25, -0.2) is 0 Å². The van der Waals surface area contributed by atoms with Crippen molar-refractivity contribution in [2.24, 2.45) is 5.92 Å². The number of phenols is 1. The quantitative estimate of drug-likeness (QED) is 0.752. The summed E-state index contributed by atoms with van der Waals surface area (Å²) in [6.07, 6.45) is 2.17. The lowest BCUT2D eigenvalue weighted by atomic mass is 10.0. The molecule has 1 rings (SSSR count). The van der Waals surface area contributed by atoms with E-state index in [0.29, 0.717) is 17.7 Å². The molecule has 1 aromatic carbocycles. The molecule has 1 atom stereocenters. The first-order valence-corrected chi connectivity index (χ1v) is 7.53. The standard InChI is InChI=1S/C17H29NO2/c1-14(2)13-18(11-12-20-4)15(3)5-6-16-7-9-17(19)10-8-16/h7-10,14-15,19H,5-6,11-13H2,1-4H3. The molecule has 0 amide bonds. The molecule has 3 nitrogen and oxygen atoms in total. The summed E-state index contributed by atoms with van der Waals surface area (Å²) >= 11 is 0. The average molecular weight is 279 g/mol. The van der Waals surface area contributed by atoms with Crippen molar-refractivity contribution in [1.82, 2.24) is 4.90 Å². The maximum absolute atomic E-state index is 9.30. The predicted molar refractivity (Wildman–Crippen MR) is 84.2 cm³/mol. The first-order chi connectivity index (χ1) is 9.52. The summed E-state index contributed by atoms with van der Waals surface area (Å²) < 4.78 is 5.21. The normalized spacial score (nSPS) is 13.1. The number of phenolic OH excluding ortho intramolecular Hbond substituents is 1. The second-order valence-corrected chi connectivity index (χ2v) is 5.94. The molecule has 0 radical (unpaired) electrons. The third kappa shape index (κ3) is 6.40. The van der Waals surface area contributed by atoms with Gasteiger partial charge in [0.15, 0.2) is 0 Å². The van der Waals surface area contributed by atoms with Gasteiger partial charge >= 0.3 is 0 Å². The number of ether oxygens (including phenoxy) is 1. The molecule has 0 aliphatic carbocycles. The molecule has 0 saturated carbocycles. The zero-order chi connectivity index (χ0) is 15.0. The number of aromatic hydroxyl groups is 1. The predicted octanol–water partition coefficient (Wildman–Crippen LogP) is 3.32. The SMILES string of the molecule is COCCN(CC(C)C)C(C)CCc1ccc(O)cc1. The third-order valence-corrected chi connectivity index (χ3v) is 3.59. The van der Waals surface area contributed by atoms with Crippen LogP contribution < -0.4 is 0 Å². The Morgan fingerprint density at radius 3 is 2.35 bits per heavy atom. The van der Waals surface area contributed by atoms with Crippen LogP contribution in [0.15, 0.2) is 24.3 Å². The second kappa shape index (κ2) is 8.98. The molecule has 1 aromatic rings. The minimum Gasteiger partial charge on any atom is -0.508 e. The lowest BCUT2D eigenvalue weighted by Gasteiger charge is -2.30. The van der Waals surface area contributed by atoms with Crippen LogP contribution in [0.25, 0.3) is 0 Å². The molecule has 0 heterocycles. The Balaban J connectivity index is 2.47. The number of aryl methyl sites for hydroxylation is 1. The molecule has 3 heteroatoms. The first kappa shape index (κ1) is 17.0. The summed E-state index contributed by atoms with van der Waals surface area (Å²) in [6.45, 7) is 9.69. The van der Waals surface area contributed by atoms with Crippen LogP contribution in [0.4, 0.5) is 0 Å². The van der Waals surface area contributed by atoms with Crippen LogP contribution in [0.3, 0.4) is 0 Å². The zero-order valence-corrected chi connectivity index (χ0v) is 13.3. The smallest absolute Gasteiger partial charge is 0.115 e. The van der Waals surface area contributed by atoms with E-state index in [0.717, 1.165) is 32.5 Å². The molecular weight excluding hydrogens is 250 g/mol. The van der Waals surface area contributed by atoms with E-state index in [1.807, 2.05) is 12.1 Å². The molecule has 0 aliphatic heterocycles. The maximum Gasteiger partial charge on any atom is 0.115 e. The van der Waals surface area contributed by atoms with Gasteiger partial charge in [-0.3, -0.25) is 4.90 Å². The summed E-state index contributed by atoms with van der Waals surface area (Å²) in [6, 6.07) is 8.07. The summed E-state index contributed by atoms with van der Waals surface area (Å²) in [5.74, 6) is 1.01. The molecule has 20 heavy (non-hydrogen) atoms. The number of hydrogen-bond donors (Lipinski definition) is 1. The van der Waals surface area contributed by atoms with Gasteiger partial charge in [-0.15, -0.1) is 0 Å². The summed E-state index contributed by atoms with van der Waals surface area (Å²) in [5.41, 5.74) is 1.28. The second-order valence-electron chi connectivity index (χ2n) is 5.94. The third-order valence-electron chi connectivity index (χ3n) is 3.59. The monoisotopic (exact) mass is 279 g/mol. The van der Waals surface area contributed by atoms with E-state index in [9.17, 15) is 5.11 Å². The van der Waals surface area contributed by atoms with E-state index in [1.165, 1.54) is 5.56 Å². The lowest BCUT2D eigenvalue weighted by Crippen LogP contribution is -2.38. The number of hydrogen-bond acceptors (Lipinski definition) is 3. The van der Waals surface area contributed by atoms with Gasteiger partial charge in [0.2, 0.25) is 0 Å². The molecule has 114 valence electrons. The van der Waals surface area contributed by atoms with E-state index >= 15 is 0 Å². The Morgan fingerprint density at radius 1 is 1.15 bits per heavy atom. The number of rotatable bonds is 9. The fourth-order valence-electron chi connectivity index (χ4n) is 2.39. The average Bonchev–Trinajstić information content (AvgIpc) is 2.42. The minimum absolute atomic E-state index is 0.336. The van der Waals surface area contributed by atoms with Crippen molar-refractivity contribution >= 4 is 0 Å². The van der Waals surface area contributed by atoms with Crippen LogP contribution in [0.2, 0.25) is 0 Å². The summed E-state index contributed by atoms with van der Waals surface area (Å²) in [7, 11) is 1.76.